The number of hydrogen-bond donors (Lipinski definition) is 2. The minimum absolute atomic E-state index is 0.134. The lowest BCUT2D eigenvalue weighted by Gasteiger charge is -2.25. The molecule has 2 N–H and O–H groups in total. The first-order chi connectivity index (χ1) is 7.72. The summed E-state index contributed by atoms with van der Waals surface area (Å²) in [5.74, 6) is 1.06. The van der Waals surface area contributed by atoms with Gasteiger partial charge in [0.15, 0.2) is 0 Å². The summed E-state index contributed by atoms with van der Waals surface area (Å²) in [6, 6.07) is 0.311. The molecule has 0 aromatic heterocycles. The van der Waals surface area contributed by atoms with E-state index in [2.05, 4.69) is 24.5 Å². The number of carbonyl (C=O) groups is 1. The van der Waals surface area contributed by atoms with Crippen molar-refractivity contribution in [2.75, 3.05) is 13.1 Å². The van der Waals surface area contributed by atoms with Gasteiger partial charge in [-0.3, -0.25) is 4.79 Å². The number of nitrogens with one attached hydrogen (secondary N) is 2. The van der Waals surface area contributed by atoms with Crippen LogP contribution in [0.5, 0.6) is 0 Å². The van der Waals surface area contributed by atoms with Crippen molar-refractivity contribution >= 4 is 5.91 Å². The Bertz CT molecular complexity index is 202. The lowest BCUT2D eigenvalue weighted by molar-refractivity contribution is -0.120. The van der Waals surface area contributed by atoms with E-state index in [0.29, 0.717) is 12.6 Å². The van der Waals surface area contributed by atoms with Crippen LogP contribution in [0.15, 0.2) is 0 Å². The molecular weight excluding hydrogens is 200 g/mol. The van der Waals surface area contributed by atoms with Gasteiger partial charge in [-0.25, -0.2) is 0 Å². The molecule has 1 rings (SSSR count). The van der Waals surface area contributed by atoms with Gasteiger partial charge in [-0.2, -0.15) is 0 Å². The summed E-state index contributed by atoms with van der Waals surface area (Å²) in [5.41, 5.74) is 0. The third kappa shape index (κ3) is 5.50. The highest BCUT2D eigenvalue weighted by atomic mass is 16.1. The predicted molar refractivity (Wildman–Crippen MR) is 67.3 cm³/mol. The topological polar surface area (TPSA) is 41.1 Å². The molecule has 1 aliphatic rings. The molecule has 0 spiro atoms. The van der Waals surface area contributed by atoms with Crippen molar-refractivity contribution < 1.29 is 4.79 Å². The zero-order valence-corrected chi connectivity index (χ0v) is 10.7. The molecule has 0 saturated heterocycles. The number of rotatable bonds is 8. The predicted octanol–water partition coefficient (Wildman–Crippen LogP) is 2.07. The van der Waals surface area contributed by atoms with E-state index in [9.17, 15) is 4.79 Å². The maximum absolute atomic E-state index is 11.5. The molecular formula is C13H26N2O. The van der Waals surface area contributed by atoms with Gasteiger partial charge < -0.3 is 10.6 Å². The Morgan fingerprint density at radius 3 is 2.75 bits per heavy atom. The van der Waals surface area contributed by atoms with Crippen LogP contribution >= 0.6 is 0 Å². The van der Waals surface area contributed by atoms with Crippen LogP contribution in [0.25, 0.3) is 0 Å². The molecule has 16 heavy (non-hydrogen) atoms. The molecule has 1 amide bonds. The smallest absolute Gasteiger partial charge is 0.234 e. The number of carbonyl (C=O) groups excluding carboxylic acids is 1. The summed E-state index contributed by atoms with van der Waals surface area (Å²) in [6.45, 7) is 5.66. The highest BCUT2D eigenvalue weighted by Gasteiger charge is 2.16. The maximum Gasteiger partial charge on any atom is 0.234 e. The van der Waals surface area contributed by atoms with Gasteiger partial charge in [0.1, 0.15) is 0 Å². The Morgan fingerprint density at radius 1 is 1.44 bits per heavy atom. The summed E-state index contributed by atoms with van der Waals surface area (Å²) in [4.78, 5) is 11.5. The zero-order valence-electron chi connectivity index (χ0n) is 10.7. The molecule has 1 fully saturated rings. The SMILES string of the molecule is CCCC(C)NC(=O)CNCCC1CCC1. The van der Waals surface area contributed by atoms with Gasteiger partial charge >= 0.3 is 0 Å². The fourth-order valence-corrected chi connectivity index (χ4v) is 2.12. The molecule has 3 nitrogen and oxygen atoms in total. The second kappa shape index (κ2) is 7.66. The third-order valence-electron chi connectivity index (χ3n) is 3.37. The minimum atomic E-state index is 0.134. The van der Waals surface area contributed by atoms with E-state index in [0.717, 1.165) is 25.3 Å². The van der Waals surface area contributed by atoms with E-state index in [4.69, 9.17) is 0 Å². The lowest BCUT2D eigenvalue weighted by atomic mass is 9.83. The van der Waals surface area contributed by atoms with Crippen LogP contribution in [-0.4, -0.2) is 25.0 Å². The van der Waals surface area contributed by atoms with Gasteiger partial charge in [0.2, 0.25) is 5.91 Å². The van der Waals surface area contributed by atoms with E-state index < -0.39 is 0 Å². The van der Waals surface area contributed by atoms with Crippen LogP contribution in [0.1, 0.15) is 52.4 Å². The van der Waals surface area contributed by atoms with Gasteiger partial charge in [0.25, 0.3) is 0 Å². The van der Waals surface area contributed by atoms with Gasteiger partial charge in [-0.15, -0.1) is 0 Å². The molecule has 3 heteroatoms. The molecule has 1 unspecified atom stereocenters. The number of amides is 1. The van der Waals surface area contributed by atoms with Gasteiger partial charge in [-0.1, -0.05) is 32.6 Å². The van der Waals surface area contributed by atoms with E-state index in [-0.39, 0.29) is 5.91 Å². The highest BCUT2D eigenvalue weighted by Crippen LogP contribution is 2.28. The van der Waals surface area contributed by atoms with Crippen molar-refractivity contribution in [3.8, 4) is 0 Å². The van der Waals surface area contributed by atoms with Gasteiger partial charge in [0.05, 0.1) is 6.54 Å². The largest absolute Gasteiger partial charge is 0.353 e. The molecule has 1 atom stereocenters. The molecule has 1 saturated carbocycles. The first-order valence-electron chi connectivity index (χ1n) is 6.72. The standard InChI is InChI=1S/C13H26N2O/c1-3-5-11(2)15-13(16)10-14-9-8-12-6-4-7-12/h11-12,14H,3-10H2,1-2H3,(H,15,16). The highest BCUT2D eigenvalue weighted by molar-refractivity contribution is 5.78. The fourth-order valence-electron chi connectivity index (χ4n) is 2.12. The zero-order chi connectivity index (χ0) is 11.8. The minimum Gasteiger partial charge on any atom is -0.353 e. The van der Waals surface area contributed by atoms with Crippen LogP contribution in [0.2, 0.25) is 0 Å². The molecule has 94 valence electrons. The monoisotopic (exact) mass is 226 g/mol. The quantitative estimate of drug-likeness (QED) is 0.622. The van der Waals surface area contributed by atoms with Crippen LogP contribution in [0.4, 0.5) is 0 Å². The third-order valence-corrected chi connectivity index (χ3v) is 3.37. The Morgan fingerprint density at radius 2 is 2.19 bits per heavy atom. The summed E-state index contributed by atoms with van der Waals surface area (Å²) in [7, 11) is 0. The molecule has 0 aromatic carbocycles. The fraction of sp³-hybridized carbons (Fsp3) is 0.923. The Kier molecular flexibility index (Phi) is 6.46. The summed E-state index contributed by atoms with van der Waals surface area (Å²) in [6.07, 6.45) is 7.60. The van der Waals surface area contributed by atoms with Crippen LogP contribution < -0.4 is 10.6 Å². The van der Waals surface area contributed by atoms with Crippen molar-refractivity contribution in [2.45, 2.75) is 58.4 Å². The van der Waals surface area contributed by atoms with Crippen molar-refractivity contribution in [2.24, 2.45) is 5.92 Å². The van der Waals surface area contributed by atoms with E-state index in [1.54, 1.807) is 0 Å². The van der Waals surface area contributed by atoms with Crippen molar-refractivity contribution in [3.05, 3.63) is 0 Å². The molecule has 0 radical (unpaired) electrons. The second-order valence-electron chi connectivity index (χ2n) is 5.02. The molecule has 0 heterocycles. The lowest BCUT2D eigenvalue weighted by Crippen LogP contribution is -2.39. The molecule has 0 aliphatic heterocycles. The van der Waals surface area contributed by atoms with Crippen LogP contribution in [0.3, 0.4) is 0 Å². The summed E-state index contributed by atoms with van der Waals surface area (Å²) >= 11 is 0. The van der Waals surface area contributed by atoms with E-state index in [1.165, 1.54) is 25.7 Å². The normalized spacial score (nSPS) is 17.9. The average Bonchev–Trinajstić information content (AvgIpc) is 2.14. The Hall–Kier alpha value is -0.570. The first kappa shape index (κ1) is 13.5. The Labute approximate surface area is 99.4 Å². The van der Waals surface area contributed by atoms with Crippen molar-refractivity contribution in [1.82, 2.24) is 10.6 Å². The summed E-state index contributed by atoms with van der Waals surface area (Å²) < 4.78 is 0. The maximum atomic E-state index is 11.5. The van der Waals surface area contributed by atoms with Crippen molar-refractivity contribution in [1.29, 1.82) is 0 Å². The van der Waals surface area contributed by atoms with Crippen LogP contribution in [0, 0.1) is 5.92 Å². The second-order valence-corrected chi connectivity index (χ2v) is 5.02. The van der Waals surface area contributed by atoms with Crippen molar-refractivity contribution in [3.63, 3.8) is 0 Å². The van der Waals surface area contributed by atoms with Gasteiger partial charge in [0, 0.05) is 6.04 Å². The summed E-state index contributed by atoms with van der Waals surface area (Å²) in [5, 5.41) is 6.22. The molecule has 0 aromatic rings. The molecule has 0 bridgehead atoms. The average molecular weight is 226 g/mol. The Balaban J connectivity index is 1.92. The first-order valence-corrected chi connectivity index (χ1v) is 6.72. The number of hydrogen-bond acceptors (Lipinski definition) is 2. The van der Waals surface area contributed by atoms with E-state index in [1.807, 2.05) is 0 Å². The van der Waals surface area contributed by atoms with E-state index >= 15 is 0 Å². The van der Waals surface area contributed by atoms with Gasteiger partial charge in [-0.05, 0) is 32.2 Å². The van der Waals surface area contributed by atoms with Crippen LogP contribution in [-0.2, 0) is 4.79 Å². The molecule has 1 aliphatic carbocycles.